The van der Waals surface area contributed by atoms with Crippen molar-refractivity contribution < 1.29 is 32.2 Å². The molecular formula is C24H31ClF3N3O4. The second kappa shape index (κ2) is 12.8. The fourth-order valence-corrected chi connectivity index (χ4v) is 3.83. The van der Waals surface area contributed by atoms with E-state index < -0.39 is 28.8 Å². The van der Waals surface area contributed by atoms with E-state index in [0.29, 0.717) is 37.0 Å². The number of hydrogen-bond acceptors (Lipinski definition) is 6. The Morgan fingerprint density at radius 1 is 1.03 bits per heavy atom. The highest BCUT2D eigenvalue weighted by Gasteiger charge is 2.42. The van der Waals surface area contributed by atoms with Gasteiger partial charge in [0.05, 0.1) is 30.0 Å². The van der Waals surface area contributed by atoms with Gasteiger partial charge in [0, 0.05) is 13.1 Å². The number of nitrogens with zero attached hydrogens (tertiary/aromatic N) is 3. The molecule has 0 radical (unpaired) electrons. The number of aromatic nitrogens is 2. The van der Waals surface area contributed by atoms with Gasteiger partial charge in [-0.25, -0.2) is 14.3 Å². The first kappa shape index (κ1) is 28.5. The second-order valence-electron chi connectivity index (χ2n) is 7.82. The van der Waals surface area contributed by atoms with Crippen LogP contribution in [0.5, 0.6) is 0 Å². The third-order valence-corrected chi connectivity index (χ3v) is 5.40. The molecule has 7 nitrogen and oxygen atoms in total. The molecule has 194 valence electrons. The maximum absolute atomic E-state index is 14.2. The highest BCUT2D eigenvalue weighted by atomic mass is 35.5. The normalized spacial score (nSPS) is 11.4. The molecule has 0 unspecified atom stereocenters. The van der Waals surface area contributed by atoms with Gasteiger partial charge in [-0.1, -0.05) is 38.8 Å². The lowest BCUT2D eigenvalue weighted by Crippen LogP contribution is -2.25. The van der Waals surface area contributed by atoms with Crippen LogP contribution in [0.4, 0.5) is 19.0 Å². The molecule has 1 heterocycles. The Labute approximate surface area is 208 Å². The summed E-state index contributed by atoms with van der Waals surface area (Å²) in [6.45, 7) is 8.38. The molecule has 0 aliphatic carbocycles. The highest BCUT2D eigenvalue weighted by molar-refractivity contribution is 6.33. The molecule has 1 aromatic heterocycles. The average molecular weight is 518 g/mol. The number of rotatable bonds is 12. The van der Waals surface area contributed by atoms with Crippen LogP contribution in [0.1, 0.15) is 79.8 Å². The predicted octanol–water partition coefficient (Wildman–Crippen LogP) is 6.30. The zero-order chi connectivity index (χ0) is 26.2. The van der Waals surface area contributed by atoms with Crippen molar-refractivity contribution in [3.63, 3.8) is 0 Å². The quantitative estimate of drug-likeness (QED) is 0.243. The van der Waals surface area contributed by atoms with Crippen molar-refractivity contribution >= 4 is 29.4 Å². The summed E-state index contributed by atoms with van der Waals surface area (Å²) in [4.78, 5) is 26.8. The van der Waals surface area contributed by atoms with Gasteiger partial charge >= 0.3 is 18.1 Å². The number of ether oxygens (including phenoxy) is 2. The number of anilines is 1. The summed E-state index contributed by atoms with van der Waals surface area (Å²) in [5, 5.41) is 3.63. The molecule has 0 bridgehead atoms. The van der Waals surface area contributed by atoms with Crippen LogP contribution in [0, 0.1) is 0 Å². The van der Waals surface area contributed by atoms with Crippen molar-refractivity contribution in [2.45, 2.75) is 59.6 Å². The number of benzene rings is 1. The summed E-state index contributed by atoms with van der Waals surface area (Å²) in [7, 11) is 0. The van der Waals surface area contributed by atoms with E-state index in [2.05, 4.69) is 5.10 Å². The Morgan fingerprint density at radius 3 is 2.23 bits per heavy atom. The van der Waals surface area contributed by atoms with Crippen molar-refractivity contribution in [1.29, 1.82) is 0 Å². The van der Waals surface area contributed by atoms with Gasteiger partial charge in [-0.2, -0.15) is 13.2 Å². The van der Waals surface area contributed by atoms with Crippen LogP contribution < -0.4 is 4.90 Å². The molecule has 0 spiro atoms. The third kappa shape index (κ3) is 6.90. The fourth-order valence-electron chi connectivity index (χ4n) is 3.48. The molecule has 0 fully saturated rings. The van der Waals surface area contributed by atoms with Gasteiger partial charge in [0.2, 0.25) is 0 Å². The largest absolute Gasteiger partial charge is 0.462 e. The van der Waals surface area contributed by atoms with E-state index in [-0.39, 0.29) is 35.8 Å². The topological polar surface area (TPSA) is 73.7 Å². The van der Waals surface area contributed by atoms with Crippen molar-refractivity contribution in [2.75, 3.05) is 31.2 Å². The third-order valence-electron chi connectivity index (χ3n) is 5.05. The van der Waals surface area contributed by atoms with Crippen LogP contribution in [0.25, 0.3) is 5.69 Å². The Balaban J connectivity index is 2.71. The minimum absolute atomic E-state index is 0.0124. The minimum atomic E-state index is -4.86. The summed E-state index contributed by atoms with van der Waals surface area (Å²) in [5.74, 6) is -1.62. The summed E-state index contributed by atoms with van der Waals surface area (Å²) in [6.07, 6.45) is -2.04. The number of carbonyl (C=O) groups is 2. The molecule has 0 N–H and O–H groups in total. The lowest BCUT2D eigenvalue weighted by atomic mass is 10.1. The van der Waals surface area contributed by atoms with Crippen molar-refractivity contribution in [1.82, 2.24) is 9.78 Å². The molecule has 0 aliphatic rings. The van der Waals surface area contributed by atoms with Crippen LogP contribution in [0.15, 0.2) is 18.2 Å². The summed E-state index contributed by atoms with van der Waals surface area (Å²) in [6, 6.07) is 3.67. The maximum Gasteiger partial charge on any atom is 0.435 e. The summed E-state index contributed by atoms with van der Waals surface area (Å²) in [5.41, 5.74) is -1.67. The number of carbonyl (C=O) groups excluding carboxylic acids is 2. The lowest BCUT2D eigenvalue weighted by Gasteiger charge is -2.21. The van der Waals surface area contributed by atoms with E-state index in [4.69, 9.17) is 21.1 Å². The summed E-state index contributed by atoms with van der Waals surface area (Å²) >= 11 is 6.24. The van der Waals surface area contributed by atoms with Crippen LogP contribution >= 0.6 is 11.6 Å². The summed E-state index contributed by atoms with van der Waals surface area (Å²) < 4.78 is 53.3. The van der Waals surface area contributed by atoms with Gasteiger partial charge in [-0.05, 0) is 44.4 Å². The number of unbranched alkanes of at least 4 members (excludes halogenated alkanes) is 1. The Bertz CT molecular complexity index is 1020. The Hall–Kier alpha value is -2.75. The highest BCUT2D eigenvalue weighted by Crippen LogP contribution is 2.41. The Kier molecular flexibility index (Phi) is 10.4. The van der Waals surface area contributed by atoms with Gasteiger partial charge in [0.25, 0.3) is 0 Å². The van der Waals surface area contributed by atoms with Crippen LogP contribution in [0.3, 0.4) is 0 Å². The molecule has 2 rings (SSSR count). The zero-order valence-corrected chi connectivity index (χ0v) is 21.1. The minimum Gasteiger partial charge on any atom is -0.462 e. The molecule has 35 heavy (non-hydrogen) atoms. The molecule has 0 atom stereocenters. The van der Waals surface area contributed by atoms with Crippen molar-refractivity contribution in [2.24, 2.45) is 0 Å². The van der Waals surface area contributed by atoms with Crippen LogP contribution in [-0.2, 0) is 15.7 Å². The number of hydrogen-bond donors (Lipinski definition) is 0. The van der Waals surface area contributed by atoms with Gasteiger partial charge < -0.3 is 14.4 Å². The van der Waals surface area contributed by atoms with E-state index in [1.54, 1.807) is 11.8 Å². The standard InChI is InChI=1S/C24H31ClF3N3O4/c1-5-9-14-35-22(32)16-10-11-18(17(15-16)23(33)34-8-4)31-20(24(26,27)28)19(25)21(29-31)30(12-6-2)13-7-3/h10-11,15H,5-9,12-14H2,1-4H3. The zero-order valence-electron chi connectivity index (χ0n) is 20.4. The fraction of sp³-hybridized carbons (Fsp3) is 0.542. The second-order valence-corrected chi connectivity index (χ2v) is 8.20. The average Bonchev–Trinajstić information content (AvgIpc) is 3.16. The van der Waals surface area contributed by atoms with E-state index in [1.807, 2.05) is 20.8 Å². The molecule has 0 amide bonds. The number of alkyl halides is 3. The van der Waals surface area contributed by atoms with Crippen LogP contribution in [0.2, 0.25) is 5.02 Å². The first-order chi connectivity index (χ1) is 16.6. The number of esters is 2. The molecule has 0 saturated carbocycles. The van der Waals surface area contributed by atoms with E-state index in [0.717, 1.165) is 12.5 Å². The molecule has 2 aromatic rings. The molecule has 11 heteroatoms. The number of halogens is 4. The monoisotopic (exact) mass is 517 g/mol. The first-order valence-corrected chi connectivity index (χ1v) is 12.1. The van der Waals surface area contributed by atoms with Gasteiger partial charge in [0.1, 0.15) is 5.02 Å². The Morgan fingerprint density at radius 2 is 1.69 bits per heavy atom. The molecule has 0 aliphatic heterocycles. The van der Waals surface area contributed by atoms with Gasteiger partial charge in [-0.3, -0.25) is 0 Å². The maximum atomic E-state index is 14.2. The molecule has 1 aromatic carbocycles. The lowest BCUT2D eigenvalue weighted by molar-refractivity contribution is -0.142. The smallest absolute Gasteiger partial charge is 0.435 e. The molecule has 0 saturated heterocycles. The van der Waals surface area contributed by atoms with E-state index in [9.17, 15) is 22.8 Å². The van der Waals surface area contributed by atoms with E-state index in [1.165, 1.54) is 12.1 Å². The van der Waals surface area contributed by atoms with Crippen LogP contribution in [-0.4, -0.2) is 48.0 Å². The van der Waals surface area contributed by atoms with E-state index >= 15 is 0 Å². The predicted molar refractivity (Wildman–Crippen MR) is 128 cm³/mol. The van der Waals surface area contributed by atoms with Gasteiger partial charge in [0.15, 0.2) is 11.5 Å². The first-order valence-electron chi connectivity index (χ1n) is 11.7. The van der Waals surface area contributed by atoms with Crippen molar-refractivity contribution in [3.05, 3.63) is 40.0 Å². The van der Waals surface area contributed by atoms with Gasteiger partial charge in [-0.15, -0.1) is 5.10 Å². The van der Waals surface area contributed by atoms with Crippen molar-refractivity contribution in [3.8, 4) is 5.69 Å². The molecular weight excluding hydrogens is 487 g/mol. The SMILES string of the molecule is CCCCOC(=O)c1ccc(-n2nc(N(CCC)CCC)c(Cl)c2C(F)(F)F)c(C(=O)OCC)c1.